The van der Waals surface area contributed by atoms with Crippen LogP contribution in [0.5, 0.6) is 0 Å². The molecule has 0 bridgehead atoms. The average Bonchev–Trinajstić information content (AvgIpc) is 2.92. The zero-order chi connectivity index (χ0) is 28.7. The van der Waals surface area contributed by atoms with Crippen LogP contribution >= 0.6 is 0 Å². The van der Waals surface area contributed by atoms with Crippen molar-refractivity contribution >= 4 is 27.5 Å². The number of benzene rings is 3. The van der Waals surface area contributed by atoms with E-state index in [1.165, 1.54) is 11.9 Å². The normalized spacial score (nSPS) is 12.2. The van der Waals surface area contributed by atoms with Crippen molar-refractivity contribution in [3.05, 3.63) is 95.1 Å². The quantitative estimate of drug-likeness (QED) is 0.357. The van der Waals surface area contributed by atoms with Crippen LogP contribution < -0.4 is 9.62 Å². The van der Waals surface area contributed by atoms with Gasteiger partial charge >= 0.3 is 0 Å². The van der Waals surface area contributed by atoms with Crippen LogP contribution in [0.15, 0.2) is 77.7 Å². The second-order valence-corrected chi connectivity index (χ2v) is 11.9. The molecule has 0 saturated heterocycles. The number of sulfonamides is 1. The second kappa shape index (κ2) is 12.9. The van der Waals surface area contributed by atoms with Gasteiger partial charge in [0.05, 0.1) is 10.6 Å². The lowest BCUT2D eigenvalue weighted by molar-refractivity contribution is -0.140. The van der Waals surface area contributed by atoms with Gasteiger partial charge in [-0.15, -0.1) is 0 Å². The molecule has 39 heavy (non-hydrogen) atoms. The summed E-state index contributed by atoms with van der Waals surface area (Å²) in [5.41, 5.74) is 4.25. The maximum absolute atomic E-state index is 14.0. The van der Waals surface area contributed by atoms with Gasteiger partial charge in [0.1, 0.15) is 12.6 Å². The van der Waals surface area contributed by atoms with Gasteiger partial charge < -0.3 is 10.2 Å². The SMILES string of the molecule is CC[C@@H](C(=O)NC)N(Cc1ccccc1C)C(=O)CN(c1ccc(C(C)C)cc1)S(=O)(=O)c1ccc(C)cc1. The zero-order valence-corrected chi connectivity index (χ0v) is 24.5. The number of carbonyl (C=O) groups is 2. The van der Waals surface area contributed by atoms with Gasteiger partial charge in [0, 0.05) is 13.6 Å². The molecule has 0 aromatic heterocycles. The van der Waals surface area contributed by atoms with Crippen molar-refractivity contribution in [1.82, 2.24) is 10.2 Å². The fourth-order valence-corrected chi connectivity index (χ4v) is 5.86. The Morgan fingerprint density at radius 2 is 1.51 bits per heavy atom. The van der Waals surface area contributed by atoms with Crippen LogP contribution in [0, 0.1) is 13.8 Å². The van der Waals surface area contributed by atoms with Crippen molar-refractivity contribution in [2.75, 3.05) is 17.9 Å². The number of anilines is 1. The molecule has 2 amide bonds. The Kier molecular flexibility index (Phi) is 9.92. The molecule has 0 aliphatic carbocycles. The molecule has 0 heterocycles. The number of nitrogens with one attached hydrogen (secondary N) is 1. The Morgan fingerprint density at radius 3 is 2.05 bits per heavy atom. The predicted octanol–water partition coefficient (Wildman–Crippen LogP) is 5.18. The van der Waals surface area contributed by atoms with Gasteiger partial charge in [-0.2, -0.15) is 0 Å². The molecule has 0 fully saturated rings. The number of rotatable bonds is 11. The summed E-state index contributed by atoms with van der Waals surface area (Å²) in [6, 6.07) is 20.7. The lowest BCUT2D eigenvalue weighted by Gasteiger charge is -2.33. The summed E-state index contributed by atoms with van der Waals surface area (Å²) in [5, 5.41) is 2.65. The molecule has 7 nitrogen and oxygen atoms in total. The largest absolute Gasteiger partial charge is 0.357 e. The number of likely N-dealkylation sites (N-methyl/N-ethyl adjacent to an activating group) is 1. The number of hydrogen-bond donors (Lipinski definition) is 1. The van der Waals surface area contributed by atoms with Crippen LogP contribution in [0.2, 0.25) is 0 Å². The molecule has 0 aliphatic heterocycles. The maximum atomic E-state index is 14.0. The van der Waals surface area contributed by atoms with Gasteiger partial charge in [0.15, 0.2) is 0 Å². The van der Waals surface area contributed by atoms with E-state index in [1.54, 1.807) is 36.4 Å². The van der Waals surface area contributed by atoms with Crippen LogP contribution in [-0.4, -0.2) is 44.8 Å². The minimum Gasteiger partial charge on any atom is -0.357 e. The van der Waals surface area contributed by atoms with E-state index in [4.69, 9.17) is 0 Å². The molecule has 8 heteroatoms. The van der Waals surface area contributed by atoms with Gasteiger partial charge in [0.2, 0.25) is 11.8 Å². The smallest absolute Gasteiger partial charge is 0.264 e. The van der Waals surface area contributed by atoms with E-state index in [0.29, 0.717) is 12.1 Å². The molecule has 0 unspecified atom stereocenters. The Labute approximate surface area is 232 Å². The Hall–Kier alpha value is -3.65. The van der Waals surface area contributed by atoms with Gasteiger partial charge in [-0.05, 0) is 67.1 Å². The molecular weight excluding hydrogens is 510 g/mol. The van der Waals surface area contributed by atoms with Crippen molar-refractivity contribution in [2.24, 2.45) is 0 Å². The highest BCUT2D eigenvalue weighted by Gasteiger charge is 2.33. The van der Waals surface area contributed by atoms with Crippen molar-refractivity contribution in [2.45, 2.75) is 64.4 Å². The third-order valence-electron chi connectivity index (χ3n) is 6.97. The number of nitrogens with zero attached hydrogens (tertiary/aromatic N) is 2. The molecular formula is C31H39N3O4S. The summed E-state index contributed by atoms with van der Waals surface area (Å²) in [6.45, 7) is 9.53. The van der Waals surface area contributed by atoms with E-state index in [2.05, 4.69) is 19.2 Å². The summed E-state index contributed by atoms with van der Waals surface area (Å²) in [6.07, 6.45) is 0.380. The molecule has 0 aliphatic rings. The molecule has 3 rings (SSSR count). The van der Waals surface area contributed by atoms with Crippen molar-refractivity contribution < 1.29 is 18.0 Å². The lowest BCUT2D eigenvalue weighted by atomic mass is 10.0. The second-order valence-electron chi connectivity index (χ2n) is 10.1. The monoisotopic (exact) mass is 549 g/mol. The van der Waals surface area contributed by atoms with E-state index in [9.17, 15) is 18.0 Å². The third kappa shape index (κ3) is 7.06. The number of amides is 2. The predicted molar refractivity (Wildman–Crippen MR) is 156 cm³/mol. The van der Waals surface area contributed by atoms with E-state index >= 15 is 0 Å². The Morgan fingerprint density at radius 1 is 0.897 bits per heavy atom. The van der Waals surface area contributed by atoms with Crippen LogP contribution in [0.1, 0.15) is 55.4 Å². The number of aryl methyl sites for hydroxylation is 2. The number of hydrogen-bond acceptors (Lipinski definition) is 4. The van der Waals surface area contributed by atoms with Gasteiger partial charge in [-0.3, -0.25) is 13.9 Å². The van der Waals surface area contributed by atoms with Crippen LogP contribution in [0.3, 0.4) is 0 Å². The zero-order valence-electron chi connectivity index (χ0n) is 23.6. The first-order valence-electron chi connectivity index (χ1n) is 13.2. The topological polar surface area (TPSA) is 86.8 Å². The van der Waals surface area contributed by atoms with Crippen molar-refractivity contribution in [3.8, 4) is 0 Å². The van der Waals surface area contributed by atoms with E-state index in [0.717, 1.165) is 26.6 Å². The summed E-state index contributed by atoms with van der Waals surface area (Å²) >= 11 is 0. The number of carbonyl (C=O) groups excluding carboxylic acids is 2. The summed E-state index contributed by atoms with van der Waals surface area (Å²) in [7, 11) is -2.55. The summed E-state index contributed by atoms with van der Waals surface area (Å²) < 4.78 is 29.0. The highest BCUT2D eigenvalue weighted by Crippen LogP contribution is 2.27. The first-order chi connectivity index (χ1) is 18.5. The van der Waals surface area contributed by atoms with Gasteiger partial charge in [0.25, 0.3) is 10.0 Å². The molecule has 0 saturated carbocycles. The third-order valence-corrected chi connectivity index (χ3v) is 8.76. The molecule has 208 valence electrons. The molecule has 3 aromatic rings. The maximum Gasteiger partial charge on any atom is 0.264 e. The summed E-state index contributed by atoms with van der Waals surface area (Å²) in [4.78, 5) is 28.4. The van der Waals surface area contributed by atoms with Gasteiger partial charge in [-0.1, -0.05) is 74.9 Å². The standard InChI is InChI=1S/C31H39N3O4S/c1-7-29(31(36)32-6)33(20-26-11-9-8-10-24(26)5)30(35)21-34(27-16-14-25(15-17-27)22(2)3)39(37,38)28-18-12-23(4)13-19-28/h8-19,22,29H,7,20-21H2,1-6H3,(H,32,36)/t29-/m0/s1. The highest BCUT2D eigenvalue weighted by molar-refractivity contribution is 7.92. The van der Waals surface area contributed by atoms with Gasteiger partial charge in [-0.25, -0.2) is 8.42 Å². The van der Waals surface area contributed by atoms with E-state index in [-0.39, 0.29) is 23.3 Å². The molecule has 0 radical (unpaired) electrons. The first kappa shape index (κ1) is 29.9. The highest BCUT2D eigenvalue weighted by atomic mass is 32.2. The fraction of sp³-hybridized carbons (Fsp3) is 0.355. The fourth-order valence-electron chi connectivity index (χ4n) is 4.45. The Bertz CT molecular complexity index is 1380. The minimum atomic E-state index is -4.09. The molecule has 1 atom stereocenters. The molecule has 3 aromatic carbocycles. The first-order valence-corrected chi connectivity index (χ1v) is 14.7. The van der Waals surface area contributed by atoms with Crippen LogP contribution in [0.25, 0.3) is 0 Å². The van der Waals surface area contributed by atoms with E-state index < -0.39 is 28.5 Å². The molecule has 0 spiro atoms. The molecule has 1 N–H and O–H groups in total. The minimum absolute atomic E-state index is 0.0950. The lowest BCUT2D eigenvalue weighted by Crippen LogP contribution is -2.51. The average molecular weight is 550 g/mol. The van der Waals surface area contributed by atoms with Crippen LogP contribution in [0.4, 0.5) is 5.69 Å². The van der Waals surface area contributed by atoms with E-state index in [1.807, 2.05) is 57.2 Å². The Balaban J connectivity index is 2.08. The van der Waals surface area contributed by atoms with Crippen molar-refractivity contribution in [3.63, 3.8) is 0 Å². The van der Waals surface area contributed by atoms with Crippen molar-refractivity contribution in [1.29, 1.82) is 0 Å². The summed E-state index contributed by atoms with van der Waals surface area (Å²) in [5.74, 6) is -0.490. The van der Waals surface area contributed by atoms with Crippen LogP contribution in [-0.2, 0) is 26.2 Å².